The quantitative estimate of drug-likeness (QED) is 0.243. The molecule has 0 radical (unpaired) electrons. The molecule has 3 aliphatic heterocycles. The third kappa shape index (κ3) is 5.01. The fourth-order valence-electron chi connectivity index (χ4n) is 8.47. The maximum atomic E-state index is 14.2. The maximum Gasteiger partial charge on any atom is 0.311 e. The van der Waals surface area contributed by atoms with Gasteiger partial charge in [0.1, 0.15) is 12.3 Å². The third-order valence-electron chi connectivity index (χ3n) is 10.7. The fraction of sp³-hybridized carbons (Fsp3) is 0.485. The van der Waals surface area contributed by atoms with Crippen molar-refractivity contribution in [2.75, 3.05) is 13.7 Å². The number of hydrogen-bond donors (Lipinski definition) is 2. The molecule has 3 amide bonds. The average Bonchev–Trinajstić information content (AvgIpc) is 3.74. The van der Waals surface area contributed by atoms with Crippen LogP contribution < -0.4 is 5.32 Å². The minimum absolute atomic E-state index is 0.00112. The van der Waals surface area contributed by atoms with Crippen molar-refractivity contribution in [1.29, 1.82) is 5.26 Å². The van der Waals surface area contributed by atoms with Crippen LogP contribution in [0.4, 0.5) is 0 Å². The van der Waals surface area contributed by atoms with Crippen LogP contribution in [-0.2, 0) is 32.3 Å². The van der Waals surface area contributed by atoms with E-state index in [1.165, 1.54) is 7.11 Å². The summed E-state index contributed by atoms with van der Waals surface area (Å²) < 4.78 is 6.68. The number of aliphatic hydroxyl groups excluding tert-OH is 1. The highest BCUT2D eigenvalue weighted by Gasteiger charge is 2.61. The molecule has 47 heavy (non-hydrogen) atoms. The van der Waals surface area contributed by atoms with Gasteiger partial charge in [0.15, 0.2) is 6.19 Å². The molecular formula is C33H35N7O7. The number of benzene rings is 1. The molecular weight excluding hydrogens is 606 g/mol. The van der Waals surface area contributed by atoms with Crippen LogP contribution in [0, 0.1) is 40.5 Å². The van der Waals surface area contributed by atoms with Crippen LogP contribution in [-0.4, -0.2) is 79.6 Å². The van der Waals surface area contributed by atoms with E-state index in [1.807, 2.05) is 18.2 Å². The van der Waals surface area contributed by atoms with Gasteiger partial charge in [-0.1, -0.05) is 29.5 Å². The molecule has 1 aromatic carbocycles. The molecule has 7 atom stereocenters. The molecule has 1 unspecified atom stereocenters. The summed E-state index contributed by atoms with van der Waals surface area (Å²) in [5.74, 6) is -2.98. The predicted molar refractivity (Wildman–Crippen MR) is 161 cm³/mol. The van der Waals surface area contributed by atoms with Gasteiger partial charge in [-0.15, -0.1) is 10.2 Å². The van der Waals surface area contributed by atoms with Gasteiger partial charge in [0.05, 0.1) is 47.9 Å². The van der Waals surface area contributed by atoms with Crippen molar-refractivity contribution < 1.29 is 33.9 Å². The van der Waals surface area contributed by atoms with E-state index in [0.29, 0.717) is 44.3 Å². The van der Waals surface area contributed by atoms with E-state index in [9.17, 15) is 29.5 Å². The van der Waals surface area contributed by atoms with Gasteiger partial charge in [0.25, 0.3) is 11.8 Å². The second kappa shape index (κ2) is 12.1. The number of aliphatic hydroxyl groups is 1. The van der Waals surface area contributed by atoms with Crippen LogP contribution in [0.1, 0.15) is 58.5 Å². The van der Waals surface area contributed by atoms with Crippen molar-refractivity contribution in [3.05, 3.63) is 71.2 Å². The summed E-state index contributed by atoms with van der Waals surface area (Å²) in [5.41, 5.74) is 0.661. The number of nitriles is 1. The second-order valence-electron chi connectivity index (χ2n) is 12.9. The number of carbonyl (C=O) groups excluding carboxylic acids is 4. The monoisotopic (exact) mass is 641 g/mol. The Morgan fingerprint density at radius 3 is 2.68 bits per heavy atom. The molecule has 7 rings (SSSR count). The fourth-order valence-corrected chi connectivity index (χ4v) is 8.47. The minimum Gasteiger partial charge on any atom is -0.469 e. The highest BCUT2D eigenvalue weighted by Crippen LogP contribution is 2.54. The average molecular weight is 642 g/mol. The van der Waals surface area contributed by atoms with Gasteiger partial charge in [-0.05, 0) is 62.1 Å². The topological polar surface area (TPSA) is 180 Å². The van der Waals surface area contributed by atoms with Crippen LogP contribution in [0.3, 0.4) is 0 Å². The standard InChI is InChI=1S/C33H35N7O7/c1-46-31(44)28-23-14-27(38(18-34)15-19(23)10-11-26(28)41)33(24-8-4-5-9-25(24)35-32(33)45)12-13-39-16-20(36-37-39)17-47-40-29(42)21-6-2-3-7-22(21)30(40)43/h2-7,9,16,19,23-24,26-28,41H,8,10-15,17H2,1H3,(H,35,45)/t19-,23-,24?,26-,27-,28+,33-/m0/s1. The van der Waals surface area contributed by atoms with Crippen molar-refractivity contribution >= 4 is 23.7 Å². The number of hydroxylamine groups is 2. The first-order valence-electron chi connectivity index (χ1n) is 15.9. The molecule has 5 aliphatic rings. The van der Waals surface area contributed by atoms with Crippen molar-refractivity contribution in [2.45, 2.75) is 57.4 Å². The largest absolute Gasteiger partial charge is 0.469 e. The number of piperidine rings is 1. The van der Waals surface area contributed by atoms with Crippen LogP contribution >= 0.6 is 0 Å². The summed E-state index contributed by atoms with van der Waals surface area (Å²) >= 11 is 0. The Hall–Kier alpha value is -4.87. The summed E-state index contributed by atoms with van der Waals surface area (Å²) in [6.07, 6.45) is 11.3. The van der Waals surface area contributed by atoms with Crippen LogP contribution in [0.5, 0.6) is 0 Å². The van der Waals surface area contributed by atoms with Crippen LogP contribution in [0.15, 0.2) is 54.4 Å². The Bertz CT molecular complexity index is 1690. The Balaban J connectivity index is 1.13. The molecule has 14 heteroatoms. The van der Waals surface area contributed by atoms with Gasteiger partial charge in [0.2, 0.25) is 5.91 Å². The second-order valence-corrected chi connectivity index (χ2v) is 12.9. The molecule has 0 spiro atoms. The number of likely N-dealkylation sites (tertiary alicyclic amines) is 1. The summed E-state index contributed by atoms with van der Waals surface area (Å²) in [5, 5.41) is 33.5. The number of hydrogen-bond acceptors (Lipinski definition) is 11. The lowest BCUT2D eigenvalue weighted by Crippen LogP contribution is -2.61. The van der Waals surface area contributed by atoms with Crippen molar-refractivity contribution in [3.63, 3.8) is 0 Å². The zero-order chi connectivity index (χ0) is 32.9. The number of fused-ring (bicyclic) bond motifs is 3. The number of methoxy groups -OCH3 is 1. The van der Waals surface area contributed by atoms with Gasteiger partial charge in [-0.2, -0.15) is 5.26 Å². The van der Waals surface area contributed by atoms with Crippen molar-refractivity contribution in [1.82, 2.24) is 30.3 Å². The van der Waals surface area contributed by atoms with Crippen molar-refractivity contribution in [2.24, 2.45) is 29.1 Å². The lowest BCUT2D eigenvalue weighted by molar-refractivity contribution is -0.161. The van der Waals surface area contributed by atoms with Crippen LogP contribution in [0.2, 0.25) is 0 Å². The number of amides is 3. The molecule has 2 aliphatic carbocycles. The number of imide groups is 1. The molecule has 14 nitrogen and oxygen atoms in total. The maximum absolute atomic E-state index is 14.2. The molecule has 3 fully saturated rings. The minimum atomic E-state index is -1.05. The smallest absolute Gasteiger partial charge is 0.311 e. The number of aromatic nitrogens is 3. The van der Waals surface area contributed by atoms with Gasteiger partial charge < -0.3 is 20.1 Å². The van der Waals surface area contributed by atoms with Gasteiger partial charge in [0, 0.05) is 24.7 Å². The summed E-state index contributed by atoms with van der Waals surface area (Å²) in [7, 11) is 1.31. The highest BCUT2D eigenvalue weighted by atomic mass is 16.7. The number of aryl methyl sites for hydroxylation is 1. The number of esters is 1. The summed E-state index contributed by atoms with van der Waals surface area (Å²) in [4.78, 5) is 59.7. The lowest BCUT2D eigenvalue weighted by atomic mass is 9.58. The molecule has 1 saturated carbocycles. The molecule has 244 valence electrons. The SMILES string of the molecule is COC(=O)[C@@H]1[C@H]2C[C@@H]([C@@]3(CCn4cc(CON5C(=O)c6ccccc6C5=O)nn4)C(=O)NC4=CC=CCC43)N(C#N)C[C@@H]2CC[C@@H]1O. The molecule has 2 aromatic rings. The van der Waals surface area contributed by atoms with Gasteiger partial charge in [-0.3, -0.25) is 28.7 Å². The van der Waals surface area contributed by atoms with E-state index >= 15 is 0 Å². The first-order valence-corrected chi connectivity index (χ1v) is 15.9. The number of nitrogens with one attached hydrogen (secondary N) is 1. The van der Waals surface area contributed by atoms with Crippen LogP contribution in [0.25, 0.3) is 0 Å². The zero-order valence-electron chi connectivity index (χ0n) is 25.8. The van der Waals surface area contributed by atoms with E-state index in [0.717, 1.165) is 10.8 Å². The summed E-state index contributed by atoms with van der Waals surface area (Å²) in [6, 6.07) is 5.94. The third-order valence-corrected chi connectivity index (χ3v) is 10.7. The molecule has 1 aromatic heterocycles. The number of carbonyl (C=O) groups is 4. The Kier molecular flexibility index (Phi) is 7.89. The first kappa shape index (κ1) is 30.8. The van der Waals surface area contributed by atoms with E-state index in [2.05, 4.69) is 21.8 Å². The Labute approximate surface area is 270 Å². The Morgan fingerprint density at radius 2 is 1.96 bits per heavy atom. The van der Waals surface area contributed by atoms with Gasteiger partial charge in [-0.25, -0.2) is 0 Å². The molecule has 2 N–H and O–H groups in total. The normalized spacial score (nSPS) is 31.1. The number of ether oxygens (including phenoxy) is 1. The van der Waals surface area contributed by atoms with Crippen molar-refractivity contribution in [3.8, 4) is 6.19 Å². The van der Waals surface area contributed by atoms with E-state index in [-0.39, 0.29) is 47.9 Å². The predicted octanol–water partition coefficient (Wildman–Crippen LogP) is 1.70. The lowest BCUT2D eigenvalue weighted by Gasteiger charge is -2.53. The zero-order valence-corrected chi connectivity index (χ0v) is 25.8. The van der Waals surface area contributed by atoms with E-state index in [1.54, 1.807) is 40.0 Å². The molecule has 4 heterocycles. The first-order chi connectivity index (χ1) is 22.8. The Morgan fingerprint density at radius 1 is 1.19 bits per heavy atom. The van der Waals surface area contributed by atoms with Gasteiger partial charge >= 0.3 is 5.97 Å². The highest BCUT2D eigenvalue weighted by molar-refractivity contribution is 6.20. The van der Waals surface area contributed by atoms with E-state index < -0.39 is 41.3 Å². The number of nitrogens with zero attached hydrogens (tertiary/aromatic N) is 6. The molecule has 2 saturated heterocycles. The number of rotatable bonds is 8. The molecule has 0 bridgehead atoms. The van der Waals surface area contributed by atoms with E-state index in [4.69, 9.17) is 9.57 Å². The number of allylic oxidation sites excluding steroid dienone is 4. The summed E-state index contributed by atoms with van der Waals surface area (Å²) in [6.45, 7) is 0.474.